The molecule has 1 saturated heterocycles. The molecule has 2 atom stereocenters. The summed E-state index contributed by atoms with van der Waals surface area (Å²) in [6.07, 6.45) is 1.67. The van der Waals surface area contributed by atoms with Crippen molar-refractivity contribution >= 4 is 23.2 Å². The second-order valence-corrected chi connectivity index (χ2v) is 6.85. The van der Waals surface area contributed by atoms with E-state index in [1.807, 2.05) is 36.4 Å². The monoisotopic (exact) mass is 351 g/mol. The van der Waals surface area contributed by atoms with E-state index < -0.39 is 0 Å². The van der Waals surface area contributed by atoms with Crippen molar-refractivity contribution in [2.45, 2.75) is 25.8 Å². The molecule has 3 rings (SSSR count). The topological polar surface area (TPSA) is 61.4 Å². The van der Waals surface area contributed by atoms with Crippen molar-refractivity contribution in [1.29, 1.82) is 0 Å². The normalized spacial score (nSPS) is 19.6. The summed E-state index contributed by atoms with van der Waals surface area (Å²) in [5.74, 6) is -0.0697. The van der Waals surface area contributed by atoms with Crippen LogP contribution in [0.15, 0.2) is 54.6 Å². The number of piperidine rings is 1. The van der Waals surface area contributed by atoms with Crippen molar-refractivity contribution < 1.29 is 9.59 Å². The molecule has 136 valence electrons. The van der Waals surface area contributed by atoms with Gasteiger partial charge in [-0.05, 0) is 56.6 Å². The molecule has 26 heavy (non-hydrogen) atoms. The number of benzene rings is 2. The Bertz CT molecular complexity index is 776. The Balaban J connectivity index is 1.69. The van der Waals surface area contributed by atoms with Gasteiger partial charge >= 0.3 is 0 Å². The molecule has 1 fully saturated rings. The van der Waals surface area contributed by atoms with Crippen molar-refractivity contribution in [3.63, 3.8) is 0 Å². The lowest BCUT2D eigenvalue weighted by molar-refractivity contribution is -0.120. The first-order chi connectivity index (χ1) is 12.5. The van der Waals surface area contributed by atoms with Gasteiger partial charge in [-0.3, -0.25) is 9.59 Å². The molecule has 0 aromatic heterocycles. The summed E-state index contributed by atoms with van der Waals surface area (Å²) in [6.45, 7) is 2.96. The van der Waals surface area contributed by atoms with E-state index in [9.17, 15) is 9.59 Å². The Morgan fingerprint density at radius 1 is 1.12 bits per heavy atom. The number of amides is 2. The van der Waals surface area contributed by atoms with Crippen LogP contribution in [0.2, 0.25) is 0 Å². The summed E-state index contributed by atoms with van der Waals surface area (Å²) < 4.78 is 0. The number of nitrogens with one attached hydrogen (secondary N) is 2. The summed E-state index contributed by atoms with van der Waals surface area (Å²) in [7, 11) is 1.75. The van der Waals surface area contributed by atoms with Gasteiger partial charge < -0.3 is 15.5 Å². The lowest BCUT2D eigenvalue weighted by Gasteiger charge is -2.27. The molecule has 2 aromatic rings. The Morgan fingerprint density at radius 3 is 2.62 bits per heavy atom. The molecule has 2 amide bonds. The predicted molar refractivity (Wildman–Crippen MR) is 104 cm³/mol. The van der Waals surface area contributed by atoms with E-state index in [-0.39, 0.29) is 17.7 Å². The zero-order valence-corrected chi connectivity index (χ0v) is 15.2. The summed E-state index contributed by atoms with van der Waals surface area (Å²) in [5, 5.41) is 6.32. The molecule has 0 radical (unpaired) electrons. The van der Waals surface area contributed by atoms with Crippen LogP contribution in [-0.2, 0) is 4.79 Å². The smallest absolute Gasteiger partial charge is 0.258 e. The molecule has 0 aliphatic carbocycles. The number of carbonyl (C=O) groups is 2. The molecule has 0 unspecified atom stereocenters. The summed E-state index contributed by atoms with van der Waals surface area (Å²) >= 11 is 0. The third kappa shape index (κ3) is 4.29. The first kappa shape index (κ1) is 18.1. The van der Waals surface area contributed by atoms with Crippen LogP contribution in [0, 0.1) is 5.92 Å². The molecule has 1 heterocycles. The highest BCUT2D eigenvalue weighted by atomic mass is 16.2. The Morgan fingerprint density at radius 2 is 1.88 bits per heavy atom. The van der Waals surface area contributed by atoms with Crippen LogP contribution in [0.4, 0.5) is 11.4 Å². The van der Waals surface area contributed by atoms with E-state index in [2.05, 4.69) is 17.6 Å². The molecular weight excluding hydrogens is 326 g/mol. The Hall–Kier alpha value is -2.66. The summed E-state index contributed by atoms with van der Waals surface area (Å²) in [5.41, 5.74) is 2.04. The van der Waals surface area contributed by atoms with Gasteiger partial charge in [0.2, 0.25) is 5.91 Å². The third-order valence-corrected chi connectivity index (χ3v) is 4.82. The molecule has 5 heteroatoms. The highest BCUT2D eigenvalue weighted by Crippen LogP contribution is 2.21. The van der Waals surface area contributed by atoms with Crippen molar-refractivity contribution in [2.75, 3.05) is 23.8 Å². The van der Waals surface area contributed by atoms with Crippen LogP contribution in [0.5, 0.6) is 0 Å². The molecular formula is C21H25N3O2. The number of hydrogen-bond acceptors (Lipinski definition) is 3. The summed E-state index contributed by atoms with van der Waals surface area (Å²) in [6, 6.07) is 17.0. The van der Waals surface area contributed by atoms with Crippen LogP contribution in [-0.4, -0.2) is 31.4 Å². The van der Waals surface area contributed by atoms with E-state index in [1.165, 1.54) is 0 Å². The molecule has 0 saturated carbocycles. The largest absolute Gasteiger partial charge is 0.326 e. The minimum atomic E-state index is -0.109. The maximum atomic E-state index is 12.7. The lowest BCUT2D eigenvalue weighted by Crippen LogP contribution is -2.40. The first-order valence-electron chi connectivity index (χ1n) is 9.02. The number of rotatable bonds is 4. The zero-order valence-electron chi connectivity index (χ0n) is 15.2. The third-order valence-electron chi connectivity index (χ3n) is 4.82. The molecule has 2 aromatic carbocycles. The quantitative estimate of drug-likeness (QED) is 0.888. The lowest BCUT2D eigenvalue weighted by atomic mass is 9.92. The predicted octanol–water partition coefficient (Wildman–Crippen LogP) is 3.29. The molecule has 0 bridgehead atoms. The van der Waals surface area contributed by atoms with E-state index >= 15 is 0 Å². The number of hydrogen-bond donors (Lipinski definition) is 2. The Kier molecular flexibility index (Phi) is 5.68. The highest BCUT2D eigenvalue weighted by Gasteiger charge is 2.25. The van der Waals surface area contributed by atoms with Crippen LogP contribution >= 0.6 is 0 Å². The zero-order chi connectivity index (χ0) is 18.5. The van der Waals surface area contributed by atoms with Gasteiger partial charge in [0.1, 0.15) is 0 Å². The van der Waals surface area contributed by atoms with E-state index in [0.717, 1.165) is 25.1 Å². The average Bonchev–Trinajstić information content (AvgIpc) is 2.67. The van der Waals surface area contributed by atoms with Crippen LogP contribution in [0.25, 0.3) is 0 Å². The molecule has 1 aliphatic rings. The van der Waals surface area contributed by atoms with Gasteiger partial charge in [-0.1, -0.05) is 24.3 Å². The van der Waals surface area contributed by atoms with E-state index in [4.69, 9.17) is 0 Å². The van der Waals surface area contributed by atoms with Gasteiger partial charge in [-0.15, -0.1) is 0 Å². The number of para-hydroxylation sites is 1. The second kappa shape index (κ2) is 8.15. The number of nitrogens with zero attached hydrogens (tertiary/aromatic N) is 1. The number of carbonyl (C=O) groups excluding carboxylic acids is 2. The fourth-order valence-corrected chi connectivity index (χ4v) is 3.31. The Labute approximate surface area is 154 Å². The van der Waals surface area contributed by atoms with Crippen molar-refractivity contribution in [3.05, 3.63) is 60.2 Å². The van der Waals surface area contributed by atoms with Gasteiger partial charge in [-0.25, -0.2) is 0 Å². The standard InChI is InChI=1S/C21H25N3O2/c1-15-13-16(11-12-22-15)20(25)23-18-8-6-7-17(14-18)21(26)24(2)19-9-4-3-5-10-19/h3-10,14-16,22H,11-13H2,1-2H3,(H,23,25)/t15-,16-/m0/s1. The van der Waals surface area contributed by atoms with E-state index in [1.54, 1.807) is 30.1 Å². The van der Waals surface area contributed by atoms with Crippen LogP contribution < -0.4 is 15.5 Å². The average molecular weight is 351 g/mol. The first-order valence-corrected chi connectivity index (χ1v) is 9.02. The molecule has 5 nitrogen and oxygen atoms in total. The minimum Gasteiger partial charge on any atom is -0.326 e. The number of anilines is 2. The van der Waals surface area contributed by atoms with Gasteiger partial charge in [-0.2, -0.15) is 0 Å². The highest BCUT2D eigenvalue weighted by molar-refractivity contribution is 6.06. The van der Waals surface area contributed by atoms with E-state index in [0.29, 0.717) is 17.3 Å². The van der Waals surface area contributed by atoms with Crippen molar-refractivity contribution in [2.24, 2.45) is 5.92 Å². The summed E-state index contributed by atoms with van der Waals surface area (Å²) in [4.78, 5) is 26.9. The van der Waals surface area contributed by atoms with Crippen molar-refractivity contribution in [3.8, 4) is 0 Å². The second-order valence-electron chi connectivity index (χ2n) is 6.85. The maximum Gasteiger partial charge on any atom is 0.258 e. The molecule has 0 spiro atoms. The maximum absolute atomic E-state index is 12.7. The van der Waals surface area contributed by atoms with Gasteiger partial charge in [0.15, 0.2) is 0 Å². The molecule has 2 N–H and O–H groups in total. The van der Waals surface area contributed by atoms with Crippen LogP contribution in [0.3, 0.4) is 0 Å². The SMILES string of the molecule is C[C@H]1C[C@@H](C(=O)Nc2cccc(C(=O)N(C)c3ccccc3)c2)CCN1. The molecule has 1 aliphatic heterocycles. The van der Waals surface area contributed by atoms with Crippen LogP contribution in [0.1, 0.15) is 30.1 Å². The minimum absolute atomic E-state index is 0.0117. The fraction of sp³-hybridized carbons (Fsp3) is 0.333. The van der Waals surface area contributed by atoms with Gasteiger partial charge in [0, 0.05) is 35.9 Å². The van der Waals surface area contributed by atoms with Gasteiger partial charge in [0.25, 0.3) is 5.91 Å². The van der Waals surface area contributed by atoms with Gasteiger partial charge in [0.05, 0.1) is 0 Å². The van der Waals surface area contributed by atoms with Crippen molar-refractivity contribution in [1.82, 2.24) is 5.32 Å². The fourth-order valence-electron chi connectivity index (χ4n) is 3.31.